The van der Waals surface area contributed by atoms with E-state index in [9.17, 15) is 0 Å². The van der Waals surface area contributed by atoms with Crippen molar-refractivity contribution in [3.8, 4) is 0 Å². The molecule has 0 fully saturated rings. The van der Waals surface area contributed by atoms with E-state index in [1.54, 1.807) is 0 Å². The van der Waals surface area contributed by atoms with E-state index in [1.165, 1.54) is 0 Å². The summed E-state index contributed by atoms with van der Waals surface area (Å²) in [5.41, 5.74) is 3.95. The van der Waals surface area contributed by atoms with Crippen LogP contribution in [0, 0.1) is 6.92 Å². The lowest BCUT2D eigenvalue weighted by molar-refractivity contribution is -0.118. The van der Waals surface area contributed by atoms with Crippen molar-refractivity contribution >= 4 is 22.4 Å². The summed E-state index contributed by atoms with van der Waals surface area (Å²) in [5, 5.41) is 2.85. The highest BCUT2D eigenvalue weighted by Gasteiger charge is 2.39. The van der Waals surface area contributed by atoms with Gasteiger partial charge in [0.05, 0.1) is 17.2 Å². The molecule has 0 heterocycles. The van der Waals surface area contributed by atoms with Gasteiger partial charge >= 0.3 is 0 Å². The fourth-order valence-electron chi connectivity index (χ4n) is 5.42. The Morgan fingerprint density at radius 1 is 0.667 bits per heavy atom. The first kappa shape index (κ1) is 27.1. The van der Waals surface area contributed by atoms with Crippen molar-refractivity contribution in [2.45, 2.75) is 45.0 Å². The van der Waals surface area contributed by atoms with Gasteiger partial charge in [-0.1, -0.05) is 133 Å². The third-order valence-corrected chi connectivity index (χ3v) is 7.45. The van der Waals surface area contributed by atoms with Gasteiger partial charge in [-0.15, -0.1) is 0 Å². The Morgan fingerprint density at radius 3 is 1.62 bits per heavy atom. The van der Waals surface area contributed by atoms with Gasteiger partial charge in [-0.05, 0) is 55.3 Å². The molecule has 0 saturated heterocycles. The molecule has 3 heteroatoms. The monoisotopic (exact) mass is 534 g/mol. The van der Waals surface area contributed by atoms with Gasteiger partial charge in [-0.3, -0.25) is 0 Å². The molecule has 5 rings (SSSR count). The van der Waals surface area contributed by atoms with Crippen LogP contribution < -0.4 is 0 Å². The number of rotatable bonds is 8. The van der Waals surface area contributed by atoms with Crippen LogP contribution in [0.15, 0.2) is 121 Å². The molecule has 0 aliphatic carbocycles. The molecular formula is C36H35ClO2. The second kappa shape index (κ2) is 11.4. The molecule has 0 radical (unpaired) electrons. The van der Waals surface area contributed by atoms with Crippen molar-refractivity contribution in [1.82, 2.24) is 0 Å². The predicted molar refractivity (Wildman–Crippen MR) is 162 cm³/mol. The Labute approximate surface area is 237 Å². The minimum absolute atomic E-state index is 0.300. The molecule has 0 spiro atoms. The number of aryl methyl sites for hydroxylation is 1. The minimum Gasteiger partial charge on any atom is -0.365 e. The summed E-state index contributed by atoms with van der Waals surface area (Å²) in [6.45, 7) is 8.62. The van der Waals surface area contributed by atoms with Gasteiger partial charge in [0.2, 0.25) is 0 Å². The zero-order chi connectivity index (χ0) is 27.5. The molecule has 1 unspecified atom stereocenters. The van der Waals surface area contributed by atoms with Crippen LogP contribution in [0.4, 0.5) is 0 Å². The highest BCUT2D eigenvalue weighted by molar-refractivity contribution is 6.36. The quantitative estimate of drug-likeness (QED) is 0.184. The molecule has 0 saturated carbocycles. The lowest BCUT2D eigenvalue weighted by Gasteiger charge is -2.38. The summed E-state index contributed by atoms with van der Waals surface area (Å²) in [7, 11) is 0. The molecule has 1 atom stereocenters. The summed E-state index contributed by atoms with van der Waals surface area (Å²) < 4.78 is 13.9. The Balaban J connectivity index is 1.67. The molecular weight excluding hydrogens is 500 g/mol. The van der Waals surface area contributed by atoms with E-state index in [4.69, 9.17) is 21.1 Å². The molecule has 0 amide bonds. The van der Waals surface area contributed by atoms with Gasteiger partial charge in [-0.2, -0.15) is 0 Å². The van der Waals surface area contributed by atoms with Crippen LogP contribution in [-0.4, -0.2) is 12.2 Å². The zero-order valence-corrected chi connectivity index (χ0v) is 23.8. The maximum atomic E-state index is 7.19. The normalized spacial score (nSPS) is 12.9. The van der Waals surface area contributed by atoms with Crippen molar-refractivity contribution < 1.29 is 9.47 Å². The Morgan fingerprint density at radius 2 is 1.13 bits per heavy atom. The summed E-state index contributed by atoms with van der Waals surface area (Å²) >= 11 is 7.14. The molecule has 5 aromatic rings. The van der Waals surface area contributed by atoms with E-state index in [-0.39, 0.29) is 0 Å². The summed E-state index contributed by atoms with van der Waals surface area (Å²) in [4.78, 5) is 0. The second-order valence-electron chi connectivity index (χ2n) is 11.0. The van der Waals surface area contributed by atoms with E-state index in [0.29, 0.717) is 11.6 Å². The standard InChI is InChI=1S/C36H35ClO2/c1-26-24-27-16-14-15-23-31(27)34(37)33(26)32(39-35(2,3)4)25-38-36(28-17-8-5-9-18-28,29-19-10-6-11-20-29)30-21-12-7-13-22-30/h5-24,32H,25H2,1-4H3. The van der Waals surface area contributed by atoms with Gasteiger partial charge in [0.15, 0.2) is 0 Å². The average molecular weight is 535 g/mol. The number of hydrogen-bond acceptors (Lipinski definition) is 2. The van der Waals surface area contributed by atoms with Crippen LogP contribution in [0.1, 0.15) is 54.7 Å². The van der Waals surface area contributed by atoms with E-state index in [0.717, 1.165) is 38.6 Å². The number of ether oxygens (including phenoxy) is 2. The van der Waals surface area contributed by atoms with Crippen LogP contribution in [0.25, 0.3) is 10.8 Å². The van der Waals surface area contributed by atoms with E-state index >= 15 is 0 Å². The summed E-state index contributed by atoms with van der Waals surface area (Å²) in [5.74, 6) is 0. The van der Waals surface area contributed by atoms with Gasteiger partial charge in [0, 0.05) is 10.9 Å². The first-order chi connectivity index (χ1) is 18.8. The summed E-state index contributed by atoms with van der Waals surface area (Å²) in [6.07, 6.45) is -0.391. The van der Waals surface area contributed by atoms with Crippen LogP contribution in [0.2, 0.25) is 5.02 Å². The molecule has 0 N–H and O–H groups in total. The van der Waals surface area contributed by atoms with E-state index in [2.05, 4.69) is 119 Å². The molecule has 0 aliphatic heterocycles. The largest absolute Gasteiger partial charge is 0.365 e. The fraction of sp³-hybridized carbons (Fsp3) is 0.222. The Kier molecular flexibility index (Phi) is 7.91. The average Bonchev–Trinajstić information content (AvgIpc) is 2.94. The Bertz CT molecular complexity index is 1430. The van der Waals surface area contributed by atoms with Crippen LogP contribution >= 0.6 is 11.6 Å². The first-order valence-corrected chi connectivity index (χ1v) is 13.8. The van der Waals surface area contributed by atoms with Gasteiger partial charge < -0.3 is 9.47 Å². The van der Waals surface area contributed by atoms with E-state index < -0.39 is 17.3 Å². The smallest absolute Gasteiger partial charge is 0.143 e. The van der Waals surface area contributed by atoms with Crippen molar-refractivity contribution in [2.75, 3.05) is 6.61 Å². The molecule has 0 bridgehead atoms. The SMILES string of the molecule is Cc1cc2ccccc2c(Cl)c1C(COC(c1ccccc1)(c1ccccc1)c1ccccc1)OC(C)(C)C. The first-order valence-electron chi connectivity index (χ1n) is 13.5. The van der Waals surface area contributed by atoms with Crippen LogP contribution in [0.3, 0.4) is 0 Å². The highest BCUT2D eigenvalue weighted by atomic mass is 35.5. The molecule has 198 valence electrons. The molecule has 39 heavy (non-hydrogen) atoms. The third kappa shape index (κ3) is 5.65. The van der Waals surface area contributed by atoms with Crippen molar-refractivity contribution in [1.29, 1.82) is 0 Å². The molecule has 2 nitrogen and oxygen atoms in total. The summed E-state index contributed by atoms with van der Waals surface area (Å²) in [6, 6.07) is 41.7. The second-order valence-corrected chi connectivity index (χ2v) is 11.3. The van der Waals surface area contributed by atoms with Crippen LogP contribution in [0.5, 0.6) is 0 Å². The van der Waals surface area contributed by atoms with Crippen molar-refractivity contribution in [2.24, 2.45) is 0 Å². The number of fused-ring (bicyclic) bond motifs is 1. The predicted octanol–water partition coefficient (Wildman–Crippen LogP) is 9.67. The molecule has 5 aromatic carbocycles. The van der Waals surface area contributed by atoms with Crippen LogP contribution in [-0.2, 0) is 15.1 Å². The van der Waals surface area contributed by atoms with Crippen molar-refractivity contribution in [3.63, 3.8) is 0 Å². The lowest BCUT2D eigenvalue weighted by Crippen LogP contribution is -2.36. The van der Waals surface area contributed by atoms with Gasteiger partial charge in [0.25, 0.3) is 0 Å². The van der Waals surface area contributed by atoms with Gasteiger partial charge in [-0.25, -0.2) is 0 Å². The maximum Gasteiger partial charge on any atom is 0.143 e. The number of halogens is 1. The number of benzene rings is 5. The maximum absolute atomic E-state index is 7.19. The number of hydrogen-bond donors (Lipinski definition) is 0. The Hall–Kier alpha value is -3.43. The fourth-order valence-corrected chi connectivity index (χ4v) is 5.86. The topological polar surface area (TPSA) is 18.5 Å². The highest BCUT2D eigenvalue weighted by Crippen LogP contribution is 2.43. The zero-order valence-electron chi connectivity index (χ0n) is 23.0. The minimum atomic E-state index is -0.847. The van der Waals surface area contributed by atoms with E-state index in [1.807, 2.05) is 30.3 Å². The van der Waals surface area contributed by atoms with Gasteiger partial charge in [0.1, 0.15) is 11.7 Å². The van der Waals surface area contributed by atoms with Crippen molar-refractivity contribution in [3.05, 3.63) is 154 Å². The molecule has 0 aromatic heterocycles. The lowest BCUT2D eigenvalue weighted by atomic mass is 9.80. The third-order valence-electron chi connectivity index (χ3n) is 7.04. The molecule has 0 aliphatic rings.